The molecule has 0 radical (unpaired) electrons. The Balaban J connectivity index is 2.61. The second-order valence-corrected chi connectivity index (χ2v) is 3.57. The highest BCUT2D eigenvalue weighted by Gasteiger charge is 2.35. The van der Waals surface area contributed by atoms with Crippen LogP contribution in [0.2, 0.25) is 0 Å². The molecular formula is C9H5F4N3S. The summed E-state index contributed by atoms with van der Waals surface area (Å²) in [7, 11) is 0. The molecule has 0 unspecified atom stereocenters. The van der Waals surface area contributed by atoms with Crippen LogP contribution in [-0.4, -0.2) is 15.2 Å². The second-order valence-electron chi connectivity index (χ2n) is 3.18. The van der Waals surface area contributed by atoms with E-state index >= 15 is 0 Å². The fraction of sp³-hybridized carbons (Fsp3) is 0.111. The van der Waals surface area contributed by atoms with Gasteiger partial charge in [0.25, 0.3) is 0 Å². The normalized spacial score (nSPS) is 11.8. The van der Waals surface area contributed by atoms with Gasteiger partial charge >= 0.3 is 6.18 Å². The van der Waals surface area contributed by atoms with Crippen LogP contribution in [0.4, 0.5) is 17.6 Å². The van der Waals surface area contributed by atoms with E-state index in [0.717, 1.165) is 6.07 Å². The van der Waals surface area contributed by atoms with E-state index in [-0.39, 0.29) is 16.2 Å². The Morgan fingerprint density at radius 1 is 1.18 bits per heavy atom. The Labute approximate surface area is 97.5 Å². The number of nitrogens with zero attached hydrogens (tertiary/aromatic N) is 1. The van der Waals surface area contributed by atoms with Gasteiger partial charge in [0.05, 0.1) is 11.1 Å². The van der Waals surface area contributed by atoms with E-state index in [1.165, 1.54) is 6.07 Å². The maximum Gasteiger partial charge on any atom is 0.419 e. The monoisotopic (exact) mass is 263 g/mol. The van der Waals surface area contributed by atoms with E-state index in [1.807, 2.05) is 0 Å². The Bertz CT molecular complexity index is 599. The third-order valence-electron chi connectivity index (χ3n) is 2.06. The van der Waals surface area contributed by atoms with Crippen LogP contribution < -0.4 is 0 Å². The summed E-state index contributed by atoms with van der Waals surface area (Å²) in [4.78, 5) is 3.66. The second kappa shape index (κ2) is 3.95. The molecule has 0 aliphatic carbocycles. The molecule has 1 aromatic carbocycles. The van der Waals surface area contributed by atoms with Crippen molar-refractivity contribution in [3.8, 4) is 11.4 Å². The van der Waals surface area contributed by atoms with Crippen molar-refractivity contribution in [2.45, 2.75) is 6.18 Å². The summed E-state index contributed by atoms with van der Waals surface area (Å²) < 4.78 is 51.0. The Hall–Kier alpha value is -1.70. The molecule has 8 heteroatoms. The minimum Gasteiger partial charge on any atom is -0.282 e. The zero-order valence-electron chi connectivity index (χ0n) is 8.10. The topological polar surface area (TPSA) is 44.5 Å². The van der Waals surface area contributed by atoms with Crippen molar-refractivity contribution in [2.24, 2.45) is 0 Å². The highest BCUT2D eigenvalue weighted by molar-refractivity contribution is 7.71. The standard InChI is InChI=1S/C9H5F4N3S/c10-6-4(7-14-8(17)16-15-7)2-1-3-5(6)9(11,12)13/h1-3H,(H2,14,15,16,17). The number of H-pyrrole nitrogens is 2. The van der Waals surface area contributed by atoms with Gasteiger partial charge in [-0.15, -0.1) is 0 Å². The highest BCUT2D eigenvalue weighted by Crippen LogP contribution is 2.34. The molecule has 3 nitrogen and oxygen atoms in total. The highest BCUT2D eigenvalue weighted by atomic mass is 32.1. The van der Waals surface area contributed by atoms with Gasteiger partial charge in [-0.1, -0.05) is 6.07 Å². The summed E-state index contributed by atoms with van der Waals surface area (Å²) in [5.41, 5.74) is -1.62. The minimum absolute atomic E-state index is 0.0387. The lowest BCUT2D eigenvalue weighted by atomic mass is 10.1. The Kier molecular flexibility index (Phi) is 2.74. The van der Waals surface area contributed by atoms with Crippen molar-refractivity contribution >= 4 is 12.2 Å². The number of hydrogen-bond donors (Lipinski definition) is 2. The smallest absolute Gasteiger partial charge is 0.282 e. The van der Waals surface area contributed by atoms with Crippen LogP contribution in [-0.2, 0) is 6.18 Å². The first-order valence-corrected chi connectivity index (χ1v) is 4.81. The first-order chi connectivity index (χ1) is 7.89. The van der Waals surface area contributed by atoms with Crippen LogP contribution in [0, 0.1) is 10.6 Å². The molecule has 0 bridgehead atoms. The van der Waals surface area contributed by atoms with E-state index in [1.54, 1.807) is 0 Å². The average molecular weight is 263 g/mol. The lowest BCUT2D eigenvalue weighted by molar-refractivity contribution is -0.139. The molecule has 0 amide bonds. The predicted octanol–water partition coefficient (Wildman–Crippen LogP) is 3.29. The molecule has 2 N–H and O–H groups in total. The lowest BCUT2D eigenvalue weighted by Crippen LogP contribution is -2.08. The van der Waals surface area contributed by atoms with Crippen LogP contribution in [0.1, 0.15) is 5.56 Å². The van der Waals surface area contributed by atoms with Gasteiger partial charge in [-0.3, -0.25) is 10.2 Å². The van der Waals surface area contributed by atoms with Crippen molar-refractivity contribution in [1.29, 1.82) is 0 Å². The lowest BCUT2D eigenvalue weighted by Gasteiger charge is -2.09. The summed E-state index contributed by atoms with van der Waals surface area (Å²) in [6, 6.07) is 2.96. The molecule has 0 saturated carbocycles. The number of nitrogens with one attached hydrogen (secondary N) is 2. The van der Waals surface area contributed by atoms with E-state index in [4.69, 9.17) is 0 Å². The van der Waals surface area contributed by atoms with Gasteiger partial charge in [-0.25, -0.2) is 4.39 Å². The first kappa shape index (κ1) is 11.8. The number of hydrogen-bond acceptors (Lipinski definition) is 2. The van der Waals surface area contributed by atoms with Gasteiger partial charge in [-0.05, 0) is 24.4 Å². The van der Waals surface area contributed by atoms with Gasteiger partial charge in [0.2, 0.25) is 4.77 Å². The van der Waals surface area contributed by atoms with Gasteiger partial charge < -0.3 is 0 Å². The van der Waals surface area contributed by atoms with Crippen molar-refractivity contribution in [1.82, 2.24) is 15.2 Å². The summed E-state index contributed by atoms with van der Waals surface area (Å²) in [6.45, 7) is 0. The van der Waals surface area contributed by atoms with Crippen molar-refractivity contribution in [3.05, 3.63) is 34.4 Å². The largest absolute Gasteiger partial charge is 0.419 e. The predicted molar refractivity (Wildman–Crippen MR) is 54.2 cm³/mol. The summed E-state index contributed by atoms with van der Waals surface area (Å²) in [5, 5.41) is 4.78. The molecule has 1 heterocycles. The Morgan fingerprint density at radius 3 is 2.41 bits per heavy atom. The number of halogens is 4. The fourth-order valence-corrected chi connectivity index (χ4v) is 1.47. The van der Waals surface area contributed by atoms with Crippen LogP contribution in [0.25, 0.3) is 11.4 Å². The molecule has 2 rings (SSSR count). The van der Waals surface area contributed by atoms with Crippen LogP contribution in [0.3, 0.4) is 0 Å². The van der Waals surface area contributed by atoms with Gasteiger partial charge in [-0.2, -0.15) is 18.2 Å². The van der Waals surface area contributed by atoms with Crippen LogP contribution in [0.5, 0.6) is 0 Å². The van der Waals surface area contributed by atoms with Crippen LogP contribution >= 0.6 is 12.2 Å². The van der Waals surface area contributed by atoms with Crippen molar-refractivity contribution in [2.75, 3.05) is 0 Å². The third-order valence-corrected chi connectivity index (χ3v) is 2.25. The zero-order valence-corrected chi connectivity index (χ0v) is 8.92. The molecule has 0 fully saturated rings. The average Bonchev–Trinajstić information content (AvgIpc) is 2.63. The van der Waals surface area contributed by atoms with Crippen molar-refractivity contribution < 1.29 is 17.6 Å². The molecular weight excluding hydrogens is 258 g/mol. The molecule has 2 aromatic rings. The quantitative estimate of drug-likeness (QED) is 0.612. The fourth-order valence-electron chi connectivity index (χ4n) is 1.33. The van der Waals surface area contributed by atoms with Gasteiger partial charge in [0, 0.05) is 0 Å². The van der Waals surface area contributed by atoms with Gasteiger partial charge in [0.15, 0.2) is 5.82 Å². The van der Waals surface area contributed by atoms with Crippen molar-refractivity contribution in [3.63, 3.8) is 0 Å². The van der Waals surface area contributed by atoms with Gasteiger partial charge in [0.1, 0.15) is 5.82 Å². The number of aromatic amines is 2. The maximum absolute atomic E-state index is 13.6. The number of benzene rings is 1. The number of alkyl halides is 3. The zero-order chi connectivity index (χ0) is 12.6. The van der Waals surface area contributed by atoms with E-state index in [9.17, 15) is 17.6 Å². The number of aromatic nitrogens is 3. The Morgan fingerprint density at radius 2 is 1.88 bits per heavy atom. The third kappa shape index (κ3) is 2.21. The first-order valence-electron chi connectivity index (χ1n) is 4.40. The maximum atomic E-state index is 13.6. The summed E-state index contributed by atoms with van der Waals surface area (Å²) >= 11 is 4.64. The number of rotatable bonds is 1. The molecule has 0 aliphatic heterocycles. The molecule has 17 heavy (non-hydrogen) atoms. The molecule has 90 valence electrons. The van der Waals surface area contributed by atoms with E-state index < -0.39 is 17.6 Å². The molecule has 0 spiro atoms. The van der Waals surface area contributed by atoms with Crippen LogP contribution in [0.15, 0.2) is 18.2 Å². The van der Waals surface area contributed by atoms with E-state index in [0.29, 0.717) is 6.07 Å². The molecule has 0 saturated heterocycles. The summed E-state index contributed by atoms with van der Waals surface area (Å²) in [6.07, 6.45) is -4.74. The minimum atomic E-state index is -4.74. The SMILES string of the molecule is Fc1c(-c2nc(=S)[nH][nH]2)cccc1C(F)(F)F. The molecule has 0 aliphatic rings. The van der Waals surface area contributed by atoms with E-state index in [2.05, 4.69) is 27.4 Å². The molecule has 0 atom stereocenters. The summed E-state index contributed by atoms with van der Waals surface area (Å²) in [5.74, 6) is -1.45. The molecule has 1 aromatic heterocycles.